The summed E-state index contributed by atoms with van der Waals surface area (Å²) in [6, 6.07) is 7.62. The van der Waals surface area contributed by atoms with E-state index in [1.54, 1.807) is 18.2 Å². The fourth-order valence-electron chi connectivity index (χ4n) is 2.34. The molecule has 0 saturated heterocycles. The summed E-state index contributed by atoms with van der Waals surface area (Å²) in [7, 11) is 2.97. The van der Waals surface area contributed by atoms with E-state index >= 15 is 0 Å². The van der Waals surface area contributed by atoms with E-state index in [1.165, 1.54) is 49.5 Å². The number of rotatable bonds is 7. The summed E-state index contributed by atoms with van der Waals surface area (Å²) in [5.74, 6) is 0.700. The summed E-state index contributed by atoms with van der Waals surface area (Å²) in [6.45, 7) is 0. The first-order chi connectivity index (χ1) is 13.4. The molecule has 0 aliphatic heterocycles. The lowest BCUT2D eigenvalue weighted by atomic mass is 10.2. The predicted molar refractivity (Wildman–Crippen MR) is 110 cm³/mol. The molecule has 11 heteroatoms. The van der Waals surface area contributed by atoms with E-state index in [4.69, 9.17) is 21.1 Å². The Kier molecular flexibility index (Phi) is 6.22. The van der Waals surface area contributed by atoms with Crippen molar-refractivity contribution < 1.29 is 19.2 Å². The number of fused-ring (bicyclic) bond motifs is 1. The SMILES string of the molecule is COc1cc(OC)c(NC(=O)CSc2nc3ccc([N+](=O)[O-])cc3s2)cc1Cl. The molecular weight excluding hydrogens is 426 g/mol. The van der Waals surface area contributed by atoms with Gasteiger partial charge in [-0.15, -0.1) is 11.3 Å². The van der Waals surface area contributed by atoms with Crippen LogP contribution in [-0.4, -0.2) is 35.8 Å². The van der Waals surface area contributed by atoms with Crippen LogP contribution < -0.4 is 14.8 Å². The highest BCUT2D eigenvalue weighted by molar-refractivity contribution is 8.01. The number of hydrogen-bond donors (Lipinski definition) is 1. The standard InChI is InChI=1S/C17H14ClN3O5S2/c1-25-13-7-14(26-2)12(6-10(13)18)19-16(22)8-27-17-20-11-4-3-9(21(23)24)5-15(11)28-17/h3-7H,8H2,1-2H3,(H,19,22). The van der Waals surface area contributed by atoms with Crippen LogP contribution in [0, 0.1) is 10.1 Å². The molecule has 1 heterocycles. The Morgan fingerprint density at radius 2 is 2.04 bits per heavy atom. The van der Waals surface area contributed by atoms with Gasteiger partial charge in [0.25, 0.3) is 5.69 Å². The van der Waals surface area contributed by atoms with Crippen LogP contribution in [0.4, 0.5) is 11.4 Å². The number of hydrogen-bond acceptors (Lipinski definition) is 8. The summed E-state index contributed by atoms with van der Waals surface area (Å²) < 4.78 is 11.7. The van der Waals surface area contributed by atoms with E-state index in [9.17, 15) is 14.9 Å². The van der Waals surface area contributed by atoms with Crippen molar-refractivity contribution in [2.75, 3.05) is 25.3 Å². The molecule has 0 atom stereocenters. The Hall–Kier alpha value is -2.56. The summed E-state index contributed by atoms with van der Waals surface area (Å²) in [4.78, 5) is 27.1. The third-order valence-electron chi connectivity index (χ3n) is 3.64. The number of thiazole rings is 1. The zero-order valence-corrected chi connectivity index (χ0v) is 17.1. The maximum absolute atomic E-state index is 12.3. The summed E-state index contributed by atoms with van der Waals surface area (Å²) in [5, 5.41) is 14.0. The quantitative estimate of drug-likeness (QED) is 0.325. The Morgan fingerprint density at radius 3 is 2.71 bits per heavy atom. The molecule has 0 aliphatic rings. The summed E-state index contributed by atoms with van der Waals surface area (Å²) in [5.41, 5.74) is 1.09. The molecular formula is C17H14ClN3O5S2. The zero-order valence-electron chi connectivity index (χ0n) is 14.7. The third-order valence-corrected chi connectivity index (χ3v) is 6.09. The van der Waals surface area contributed by atoms with Crippen LogP contribution in [0.25, 0.3) is 10.2 Å². The molecule has 1 amide bonds. The van der Waals surface area contributed by atoms with Gasteiger partial charge in [0.2, 0.25) is 5.91 Å². The van der Waals surface area contributed by atoms with Crippen molar-refractivity contribution in [3.05, 3.63) is 45.5 Å². The molecule has 0 aliphatic carbocycles. The normalized spacial score (nSPS) is 10.7. The first-order valence-electron chi connectivity index (χ1n) is 7.80. The molecule has 2 aromatic carbocycles. The van der Waals surface area contributed by atoms with Crippen LogP contribution in [0.1, 0.15) is 0 Å². The highest BCUT2D eigenvalue weighted by atomic mass is 35.5. The topological polar surface area (TPSA) is 104 Å². The number of amides is 1. The number of carbonyl (C=O) groups is 1. The maximum atomic E-state index is 12.3. The van der Waals surface area contributed by atoms with Gasteiger partial charge in [-0.3, -0.25) is 14.9 Å². The number of nitro benzene ring substituents is 1. The minimum absolute atomic E-state index is 0.00826. The number of aromatic nitrogens is 1. The van der Waals surface area contributed by atoms with Gasteiger partial charge in [0.05, 0.1) is 45.8 Å². The van der Waals surface area contributed by atoms with Gasteiger partial charge in [0.1, 0.15) is 11.5 Å². The number of benzene rings is 2. The van der Waals surface area contributed by atoms with Crippen molar-refractivity contribution in [2.45, 2.75) is 4.34 Å². The number of thioether (sulfide) groups is 1. The van der Waals surface area contributed by atoms with Gasteiger partial charge < -0.3 is 14.8 Å². The lowest BCUT2D eigenvalue weighted by Gasteiger charge is -2.12. The molecule has 146 valence electrons. The monoisotopic (exact) mass is 439 g/mol. The summed E-state index contributed by atoms with van der Waals surface area (Å²) in [6.07, 6.45) is 0. The fourth-order valence-corrected chi connectivity index (χ4v) is 4.48. The van der Waals surface area contributed by atoms with Gasteiger partial charge in [-0.05, 0) is 12.1 Å². The van der Waals surface area contributed by atoms with Crippen molar-refractivity contribution in [3.63, 3.8) is 0 Å². The van der Waals surface area contributed by atoms with Gasteiger partial charge in [0.15, 0.2) is 4.34 Å². The van der Waals surface area contributed by atoms with Crippen molar-refractivity contribution in [1.29, 1.82) is 0 Å². The van der Waals surface area contributed by atoms with Gasteiger partial charge in [-0.25, -0.2) is 4.98 Å². The second-order valence-corrected chi connectivity index (χ2v) is 8.07. The number of anilines is 1. The molecule has 8 nitrogen and oxygen atoms in total. The number of nitro groups is 1. The molecule has 1 aromatic heterocycles. The van der Waals surface area contributed by atoms with Crippen LogP contribution in [0.3, 0.4) is 0 Å². The molecule has 0 unspecified atom stereocenters. The van der Waals surface area contributed by atoms with E-state index in [1.807, 2.05) is 0 Å². The van der Waals surface area contributed by atoms with Crippen molar-refractivity contribution in [3.8, 4) is 11.5 Å². The zero-order chi connectivity index (χ0) is 20.3. The number of carbonyl (C=O) groups excluding carboxylic acids is 1. The molecule has 0 radical (unpaired) electrons. The second kappa shape index (κ2) is 8.63. The highest BCUT2D eigenvalue weighted by Gasteiger charge is 2.15. The minimum atomic E-state index is -0.452. The molecule has 0 saturated carbocycles. The van der Waals surface area contributed by atoms with Crippen LogP contribution in [0.15, 0.2) is 34.7 Å². The number of nitrogens with one attached hydrogen (secondary N) is 1. The molecule has 0 fully saturated rings. The predicted octanol–water partition coefficient (Wildman–Crippen LogP) is 4.61. The molecule has 1 N–H and O–H groups in total. The van der Waals surface area contributed by atoms with Crippen LogP contribution in [0.2, 0.25) is 5.02 Å². The van der Waals surface area contributed by atoms with E-state index in [0.717, 1.165) is 0 Å². The van der Waals surface area contributed by atoms with Gasteiger partial charge in [0, 0.05) is 18.2 Å². The Balaban J connectivity index is 1.68. The fraction of sp³-hybridized carbons (Fsp3) is 0.176. The van der Waals surface area contributed by atoms with Crippen LogP contribution in [-0.2, 0) is 4.79 Å². The summed E-state index contributed by atoms with van der Waals surface area (Å²) >= 11 is 8.64. The number of ether oxygens (including phenoxy) is 2. The molecule has 0 bridgehead atoms. The van der Waals surface area contributed by atoms with Gasteiger partial charge in [-0.1, -0.05) is 23.4 Å². The maximum Gasteiger partial charge on any atom is 0.270 e. The van der Waals surface area contributed by atoms with Crippen molar-refractivity contribution >= 4 is 62.2 Å². The lowest BCUT2D eigenvalue weighted by molar-refractivity contribution is -0.384. The average Bonchev–Trinajstić information content (AvgIpc) is 3.08. The number of nitrogens with zero attached hydrogens (tertiary/aromatic N) is 2. The molecule has 28 heavy (non-hydrogen) atoms. The average molecular weight is 440 g/mol. The lowest BCUT2D eigenvalue weighted by Crippen LogP contribution is -2.14. The van der Waals surface area contributed by atoms with E-state index in [0.29, 0.717) is 36.8 Å². The Labute approximate surface area is 173 Å². The number of methoxy groups -OCH3 is 2. The van der Waals surface area contributed by atoms with Crippen molar-refractivity contribution in [1.82, 2.24) is 4.98 Å². The second-order valence-electron chi connectivity index (χ2n) is 5.41. The Bertz CT molecular complexity index is 1060. The van der Waals surface area contributed by atoms with Gasteiger partial charge in [-0.2, -0.15) is 0 Å². The van der Waals surface area contributed by atoms with E-state index < -0.39 is 4.92 Å². The minimum Gasteiger partial charge on any atom is -0.495 e. The van der Waals surface area contributed by atoms with Gasteiger partial charge >= 0.3 is 0 Å². The third kappa shape index (κ3) is 4.46. The van der Waals surface area contributed by atoms with E-state index in [2.05, 4.69) is 10.3 Å². The Morgan fingerprint density at radius 1 is 1.29 bits per heavy atom. The molecule has 0 spiro atoms. The molecule has 3 rings (SSSR count). The van der Waals surface area contributed by atoms with Crippen molar-refractivity contribution in [2.24, 2.45) is 0 Å². The van der Waals surface area contributed by atoms with Crippen LogP contribution in [0.5, 0.6) is 11.5 Å². The largest absolute Gasteiger partial charge is 0.495 e. The number of non-ortho nitro benzene ring substituents is 1. The highest BCUT2D eigenvalue weighted by Crippen LogP contribution is 2.36. The number of halogens is 1. The first kappa shape index (κ1) is 20.2. The smallest absolute Gasteiger partial charge is 0.270 e. The first-order valence-corrected chi connectivity index (χ1v) is 9.98. The van der Waals surface area contributed by atoms with E-state index in [-0.39, 0.29) is 17.3 Å². The molecule has 3 aromatic rings. The van der Waals surface area contributed by atoms with Crippen LogP contribution >= 0.6 is 34.7 Å².